The van der Waals surface area contributed by atoms with E-state index in [2.05, 4.69) is 131 Å². The van der Waals surface area contributed by atoms with Gasteiger partial charge >= 0.3 is 0 Å². The van der Waals surface area contributed by atoms with Gasteiger partial charge in [-0.3, -0.25) is 0 Å². The second-order valence-electron chi connectivity index (χ2n) is 11.6. The summed E-state index contributed by atoms with van der Waals surface area (Å²) >= 11 is 0. The van der Waals surface area contributed by atoms with Gasteiger partial charge in [-0.25, -0.2) is 19.9 Å². The molecule has 4 heteroatoms. The molecule has 0 atom stereocenters. The summed E-state index contributed by atoms with van der Waals surface area (Å²) in [5.74, 6) is 0.693. The Morgan fingerprint density at radius 1 is 0.370 bits per heavy atom. The summed E-state index contributed by atoms with van der Waals surface area (Å²) in [5, 5.41) is 7.75. The van der Waals surface area contributed by atoms with Gasteiger partial charge in [0.1, 0.15) is 6.33 Å². The van der Waals surface area contributed by atoms with Crippen LogP contribution >= 0.6 is 0 Å². The highest BCUT2D eigenvalue weighted by Crippen LogP contribution is 2.39. The van der Waals surface area contributed by atoms with E-state index in [0.717, 1.165) is 39.2 Å². The van der Waals surface area contributed by atoms with Crippen LogP contribution < -0.4 is 0 Å². The number of rotatable bonds is 5. The van der Waals surface area contributed by atoms with E-state index in [1.54, 1.807) is 6.33 Å². The highest BCUT2D eigenvalue weighted by atomic mass is 14.9. The molecule has 0 saturated heterocycles. The maximum absolute atomic E-state index is 5.07. The highest BCUT2D eigenvalue weighted by Gasteiger charge is 2.14. The summed E-state index contributed by atoms with van der Waals surface area (Å²) in [6.45, 7) is 0. The monoisotopic (exact) mass is 586 g/mol. The van der Waals surface area contributed by atoms with Gasteiger partial charge in [0.2, 0.25) is 0 Å². The van der Waals surface area contributed by atoms with Crippen LogP contribution in [0.3, 0.4) is 0 Å². The van der Waals surface area contributed by atoms with Crippen LogP contribution in [-0.2, 0) is 0 Å². The minimum absolute atomic E-state index is 0.693. The molecule has 2 heterocycles. The van der Waals surface area contributed by atoms with Crippen molar-refractivity contribution in [1.29, 1.82) is 0 Å². The van der Waals surface area contributed by atoms with Crippen molar-refractivity contribution in [2.24, 2.45) is 0 Å². The van der Waals surface area contributed by atoms with E-state index in [1.165, 1.54) is 43.4 Å². The first-order chi connectivity index (χ1) is 22.8. The average molecular weight is 587 g/mol. The molecule has 0 aliphatic rings. The van der Waals surface area contributed by atoms with Crippen LogP contribution in [0.2, 0.25) is 0 Å². The molecule has 0 saturated carbocycles. The van der Waals surface area contributed by atoms with Crippen molar-refractivity contribution in [3.8, 4) is 56.2 Å². The molecular formula is C42H26N4. The number of hydrogen-bond acceptors (Lipinski definition) is 4. The molecule has 0 radical (unpaired) electrons. The van der Waals surface area contributed by atoms with Crippen molar-refractivity contribution in [3.63, 3.8) is 0 Å². The fraction of sp³-hybridized carbons (Fsp3) is 0. The highest BCUT2D eigenvalue weighted by molar-refractivity contribution is 6.25. The van der Waals surface area contributed by atoms with E-state index >= 15 is 0 Å². The number of benzene rings is 7. The summed E-state index contributed by atoms with van der Waals surface area (Å²) in [6, 6.07) is 49.4. The van der Waals surface area contributed by atoms with E-state index in [9.17, 15) is 0 Å². The largest absolute Gasteiger partial charge is 0.244 e. The molecule has 46 heavy (non-hydrogen) atoms. The second kappa shape index (κ2) is 10.7. The molecule has 9 rings (SSSR count). The Bertz CT molecular complexity index is 2470. The Morgan fingerprint density at radius 2 is 0.935 bits per heavy atom. The van der Waals surface area contributed by atoms with Crippen LogP contribution in [0.5, 0.6) is 0 Å². The van der Waals surface area contributed by atoms with Crippen LogP contribution in [-0.4, -0.2) is 19.9 Å². The third-order valence-electron chi connectivity index (χ3n) is 8.85. The van der Waals surface area contributed by atoms with Gasteiger partial charge in [0.05, 0.1) is 11.4 Å². The Kier molecular flexibility index (Phi) is 6.10. The van der Waals surface area contributed by atoms with Crippen molar-refractivity contribution < 1.29 is 0 Å². The standard InChI is InChI=1S/C42H26N4/c1-2-5-29(6-3-1)38-23-39(30-13-9-27(10-14-30)35-24-43-26-44-25-35)46-42(45-38)34-17-11-28(12-18-34)36-21-19-33-16-15-31-7-4-8-32-20-22-37(36)41(33)40(31)32/h1-26H. The minimum Gasteiger partial charge on any atom is -0.244 e. The summed E-state index contributed by atoms with van der Waals surface area (Å²) in [6.07, 6.45) is 5.19. The van der Waals surface area contributed by atoms with Gasteiger partial charge in [0.15, 0.2) is 5.82 Å². The molecule has 0 aliphatic carbocycles. The summed E-state index contributed by atoms with van der Waals surface area (Å²) in [5.41, 5.74) is 9.23. The van der Waals surface area contributed by atoms with Crippen molar-refractivity contribution >= 4 is 32.3 Å². The predicted octanol–water partition coefficient (Wildman–Crippen LogP) is 10.5. The lowest BCUT2D eigenvalue weighted by atomic mass is 9.90. The molecule has 0 spiro atoms. The Hall–Kier alpha value is -6.26. The molecule has 0 bridgehead atoms. The Morgan fingerprint density at radius 3 is 1.65 bits per heavy atom. The van der Waals surface area contributed by atoms with Gasteiger partial charge in [0, 0.05) is 34.6 Å². The minimum atomic E-state index is 0.693. The zero-order valence-corrected chi connectivity index (χ0v) is 24.8. The molecular weight excluding hydrogens is 560 g/mol. The maximum atomic E-state index is 5.07. The van der Waals surface area contributed by atoms with Crippen LogP contribution in [0.1, 0.15) is 0 Å². The smallest absolute Gasteiger partial charge is 0.160 e. The first-order valence-electron chi connectivity index (χ1n) is 15.4. The van der Waals surface area contributed by atoms with Gasteiger partial charge in [-0.2, -0.15) is 0 Å². The van der Waals surface area contributed by atoms with Gasteiger partial charge in [0.25, 0.3) is 0 Å². The predicted molar refractivity (Wildman–Crippen MR) is 189 cm³/mol. The topological polar surface area (TPSA) is 51.6 Å². The molecule has 0 fully saturated rings. The SMILES string of the molecule is c1ccc(-c2cc(-c3ccc(-c4cncnc4)cc3)nc(-c3ccc(-c4ccc5ccc6cccc7ccc4c5c67)cc3)n2)cc1. The second-order valence-corrected chi connectivity index (χ2v) is 11.6. The van der Waals surface area contributed by atoms with Gasteiger partial charge in [-0.1, -0.05) is 133 Å². The molecule has 0 N–H and O–H groups in total. The summed E-state index contributed by atoms with van der Waals surface area (Å²) < 4.78 is 0. The fourth-order valence-corrected chi connectivity index (χ4v) is 6.55. The van der Waals surface area contributed by atoms with E-state index in [4.69, 9.17) is 9.97 Å². The van der Waals surface area contributed by atoms with E-state index in [1.807, 2.05) is 30.6 Å². The molecule has 0 unspecified atom stereocenters. The van der Waals surface area contributed by atoms with Crippen LogP contribution in [0.15, 0.2) is 158 Å². The number of nitrogens with zero attached hydrogens (tertiary/aromatic N) is 4. The van der Waals surface area contributed by atoms with Crippen molar-refractivity contribution in [3.05, 3.63) is 158 Å². The number of aromatic nitrogens is 4. The van der Waals surface area contributed by atoms with Crippen molar-refractivity contribution in [2.75, 3.05) is 0 Å². The molecule has 214 valence electrons. The summed E-state index contributed by atoms with van der Waals surface area (Å²) in [4.78, 5) is 18.4. The lowest BCUT2D eigenvalue weighted by Gasteiger charge is -2.14. The van der Waals surface area contributed by atoms with Gasteiger partial charge in [-0.15, -0.1) is 0 Å². The lowest BCUT2D eigenvalue weighted by Crippen LogP contribution is -1.96. The molecule has 9 aromatic rings. The third kappa shape index (κ3) is 4.47. The Balaban J connectivity index is 1.13. The fourth-order valence-electron chi connectivity index (χ4n) is 6.55. The Labute approximate surface area is 266 Å². The van der Waals surface area contributed by atoms with Crippen molar-refractivity contribution in [2.45, 2.75) is 0 Å². The van der Waals surface area contributed by atoms with Gasteiger partial charge in [-0.05, 0) is 55.1 Å². The van der Waals surface area contributed by atoms with Crippen molar-refractivity contribution in [1.82, 2.24) is 19.9 Å². The van der Waals surface area contributed by atoms with E-state index < -0.39 is 0 Å². The molecule has 4 nitrogen and oxygen atoms in total. The van der Waals surface area contributed by atoms with E-state index in [-0.39, 0.29) is 0 Å². The first-order valence-corrected chi connectivity index (χ1v) is 15.4. The molecule has 0 aliphatic heterocycles. The normalized spacial score (nSPS) is 11.5. The number of hydrogen-bond donors (Lipinski definition) is 0. The summed E-state index contributed by atoms with van der Waals surface area (Å²) in [7, 11) is 0. The first kappa shape index (κ1) is 26.2. The van der Waals surface area contributed by atoms with E-state index in [0.29, 0.717) is 5.82 Å². The molecule has 7 aromatic carbocycles. The van der Waals surface area contributed by atoms with Crippen LogP contribution in [0.4, 0.5) is 0 Å². The zero-order valence-electron chi connectivity index (χ0n) is 24.8. The molecule has 2 aromatic heterocycles. The quantitative estimate of drug-likeness (QED) is 0.188. The third-order valence-corrected chi connectivity index (χ3v) is 8.85. The molecule has 0 amide bonds. The van der Waals surface area contributed by atoms with Crippen LogP contribution in [0.25, 0.3) is 88.5 Å². The average Bonchev–Trinajstić information content (AvgIpc) is 3.14. The maximum Gasteiger partial charge on any atom is 0.160 e. The van der Waals surface area contributed by atoms with Crippen LogP contribution in [0, 0.1) is 0 Å². The van der Waals surface area contributed by atoms with Gasteiger partial charge < -0.3 is 0 Å². The zero-order chi connectivity index (χ0) is 30.5. The lowest BCUT2D eigenvalue weighted by molar-refractivity contribution is 1.17.